The molecule has 0 fully saturated rings. The van der Waals surface area contributed by atoms with Crippen molar-refractivity contribution in [3.8, 4) is 5.75 Å². The summed E-state index contributed by atoms with van der Waals surface area (Å²) >= 11 is 4.67. The molecule has 3 nitrogen and oxygen atoms in total. The van der Waals surface area contributed by atoms with Gasteiger partial charge in [0, 0.05) is 21.5 Å². The first kappa shape index (κ1) is 14.9. The first-order valence-corrected chi connectivity index (χ1v) is 8.18. The number of benzene rings is 2. The monoisotopic (exact) mass is 374 g/mol. The Bertz CT molecular complexity index is 882. The van der Waals surface area contributed by atoms with Crippen LogP contribution in [-0.4, -0.2) is 11.8 Å². The molecule has 0 aliphatic heterocycles. The van der Waals surface area contributed by atoms with Crippen LogP contribution in [0.2, 0.25) is 0 Å². The number of hydrogen-bond donors (Lipinski definition) is 0. The summed E-state index contributed by atoms with van der Waals surface area (Å²) in [4.78, 5) is 24.7. The second-order valence-electron chi connectivity index (χ2n) is 4.68. The van der Waals surface area contributed by atoms with E-state index in [0.717, 1.165) is 10.1 Å². The molecule has 0 aliphatic carbocycles. The molecule has 1 heterocycles. The predicted octanol–water partition coefficient (Wildman–Crippen LogP) is 5.09. The van der Waals surface area contributed by atoms with Crippen LogP contribution in [-0.2, 0) is 0 Å². The zero-order chi connectivity index (χ0) is 15.7. The summed E-state index contributed by atoms with van der Waals surface area (Å²) in [5.74, 6) is -0.261. The molecule has 0 saturated carbocycles. The molecular weight excluding hydrogens is 364 g/mol. The Morgan fingerprint density at radius 3 is 2.45 bits per heavy atom. The number of halogens is 1. The molecule has 0 unspecified atom stereocenters. The molecule has 1 aromatic heterocycles. The highest BCUT2D eigenvalue weighted by Crippen LogP contribution is 2.38. The van der Waals surface area contributed by atoms with E-state index < -0.39 is 5.97 Å². The summed E-state index contributed by atoms with van der Waals surface area (Å²) in [6.07, 6.45) is 0. The maximum atomic E-state index is 12.4. The number of fused-ring (bicyclic) bond motifs is 1. The fraction of sp³-hybridized carbons (Fsp3) is 0.0588. The number of rotatable bonds is 3. The molecule has 0 amide bonds. The van der Waals surface area contributed by atoms with Crippen molar-refractivity contribution >= 4 is 49.1 Å². The summed E-state index contributed by atoms with van der Waals surface area (Å²) in [6, 6.07) is 14.5. The maximum Gasteiger partial charge on any atom is 0.344 e. The lowest BCUT2D eigenvalue weighted by atomic mass is 10.2. The number of thiophene rings is 1. The fourth-order valence-corrected chi connectivity index (χ4v) is 3.60. The molecule has 22 heavy (non-hydrogen) atoms. The topological polar surface area (TPSA) is 43.4 Å². The normalized spacial score (nSPS) is 10.6. The third kappa shape index (κ3) is 2.69. The number of Topliss-reactive ketones (excluding diaryl/α,β-unsaturated/α-hetero) is 1. The average molecular weight is 375 g/mol. The van der Waals surface area contributed by atoms with Gasteiger partial charge in [0.25, 0.3) is 0 Å². The van der Waals surface area contributed by atoms with E-state index in [1.807, 2.05) is 30.3 Å². The molecule has 3 rings (SSSR count). The van der Waals surface area contributed by atoms with Gasteiger partial charge in [0.05, 0.1) is 5.56 Å². The van der Waals surface area contributed by atoms with Gasteiger partial charge in [-0.2, -0.15) is 0 Å². The molecule has 0 saturated heterocycles. The third-order valence-electron chi connectivity index (χ3n) is 3.16. The molecule has 0 N–H and O–H groups in total. The van der Waals surface area contributed by atoms with E-state index in [-0.39, 0.29) is 5.78 Å². The van der Waals surface area contributed by atoms with Crippen molar-refractivity contribution in [2.75, 3.05) is 0 Å². The van der Waals surface area contributed by atoms with Crippen LogP contribution < -0.4 is 4.74 Å². The second kappa shape index (κ2) is 6.02. The van der Waals surface area contributed by atoms with Crippen LogP contribution in [0.25, 0.3) is 10.1 Å². The summed E-state index contributed by atoms with van der Waals surface area (Å²) in [5.41, 5.74) is 0.423. The smallest absolute Gasteiger partial charge is 0.344 e. The van der Waals surface area contributed by atoms with Gasteiger partial charge in [0.15, 0.2) is 11.5 Å². The summed E-state index contributed by atoms with van der Waals surface area (Å²) in [7, 11) is 0. The van der Waals surface area contributed by atoms with Gasteiger partial charge < -0.3 is 4.74 Å². The molecule has 2 aromatic carbocycles. The van der Waals surface area contributed by atoms with Crippen molar-refractivity contribution in [1.82, 2.24) is 0 Å². The maximum absolute atomic E-state index is 12.4. The van der Waals surface area contributed by atoms with E-state index >= 15 is 0 Å². The molecule has 110 valence electrons. The molecule has 0 bridgehead atoms. The highest BCUT2D eigenvalue weighted by Gasteiger charge is 2.21. The van der Waals surface area contributed by atoms with Crippen molar-refractivity contribution in [2.45, 2.75) is 6.92 Å². The van der Waals surface area contributed by atoms with Gasteiger partial charge >= 0.3 is 5.97 Å². The van der Waals surface area contributed by atoms with E-state index in [0.29, 0.717) is 20.7 Å². The lowest BCUT2D eigenvalue weighted by Gasteiger charge is -2.06. The molecule has 0 spiro atoms. The van der Waals surface area contributed by atoms with Gasteiger partial charge in [-0.1, -0.05) is 24.3 Å². The molecule has 0 atom stereocenters. The highest BCUT2D eigenvalue weighted by atomic mass is 79.9. The van der Waals surface area contributed by atoms with Crippen LogP contribution in [0.15, 0.2) is 53.0 Å². The van der Waals surface area contributed by atoms with Gasteiger partial charge in [-0.3, -0.25) is 4.79 Å². The number of ketones is 1. The summed E-state index contributed by atoms with van der Waals surface area (Å²) in [6.45, 7) is 1.47. The van der Waals surface area contributed by atoms with Crippen molar-refractivity contribution in [3.05, 3.63) is 63.4 Å². The molecule has 0 aliphatic rings. The van der Waals surface area contributed by atoms with Gasteiger partial charge in [-0.15, -0.1) is 11.3 Å². The minimum absolute atomic E-state index is 0.115. The van der Waals surface area contributed by atoms with Crippen LogP contribution in [0.5, 0.6) is 5.75 Å². The van der Waals surface area contributed by atoms with Crippen molar-refractivity contribution in [1.29, 1.82) is 0 Å². The van der Waals surface area contributed by atoms with Gasteiger partial charge in [0.1, 0.15) is 4.88 Å². The van der Waals surface area contributed by atoms with Crippen molar-refractivity contribution < 1.29 is 14.3 Å². The Kier molecular flexibility index (Phi) is 4.09. The number of ether oxygens (including phenoxy) is 1. The Morgan fingerprint density at radius 1 is 1.05 bits per heavy atom. The first-order chi connectivity index (χ1) is 10.6. The van der Waals surface area contributed by atoms with E-state index in [2.05, 4.69) is 15.9 Å². The number of carbonyl (C=O) groups excluding carboxylic acids is 2. The van der Waals surface area contributed by atoms with Crippen molar-refractivity contribution in [2.24, 2.45) is 0 Å². The number of esters is 1. The first-order valence-electron chi connectivity index (χ1n) is 6.57. The minimum Gasteiger partial charge on any atom is -0.421 e. The van der Waals surface area contributed by atoms with Gasteiger partial charge in [-0.25, -0.2) is 4.79 Å². The van der Waals surface area contributed by atoms with Crippen LogP contribution in [0.3, 0.4) is 0 Å². The van der Waals surface area contributed by atoms with Crippen molar-refractivity contribution in [3.63, 3.8) is 0 Å². The Balaban J connectivity index is 2.07. The van der Waals surface area contributed by atoms with Gasteiger partial charge in [0.2, 0.25) is 0 Å². The standard InChI is InChI=1S/C17H11BrO3S/c1-10(19)16-15(12-7-3-5-9-14(12)22-16)21-17(20)11-6-2-4-8-13(11)18/h2-9H,1H3. The number of carbonyl (C=O) groups is 2. The largest absolute Gasteiger partial charge is 0.421 e. The quantitative estimate of drug-likeness (QED) is 0.473. The Hall–Kier alpha value is -1.98. The zero-order valence-electron chi connectivity index (χ0n) is 11.6. The second-order valence-corrected chi connectivity index (χ2v) is 6.59. The SMILES string of the molecule is CC(=O)c1sc2ccccc2c1OC(=O)c1ccccc1Br. The zero-order valence-corrected chi connectivity index (χ0v) is 14.0. The molecule has 5 heteroatoms. The molecule has 3 aromatic rings. The van der Waals surface area contributed by atoms with Crippen LogP contribution in [0, 0.1) is 0 Å². The molecule has 0 radical (unpaired) electrons. The number of hydrogen-bond acceptors (Lipinski definition) is 4. The predicted molar refractivity (Wildman–Crippen MR) is 90.9 cm³/mol. The summed E-state index contributed by atoms with van der Waals surface area (Å²) < 4.78 is 7.12. The van der Waals surface area contributed by atoms with E-state index in [1.54, 1.807) is 18.2 Å². The van der Waals surface area contributed by atoms with E-state index in [4.69, 9.17) is 4.74 Å². The third-order valence-corrected chi connectivity index (χ3v) is 5.10. The van der Waals surface area contributed by atoms with E-state index in [9.17, 15) is 9.59 Å². The van der Waals surface area contributed by atoms with E-state index in [1.165, 1.54) is 18.3 Å². The van der Waals surface area contributed by atoms with Crippen LogP contribution in [0.1, 0.15) is 27.0 Å². The Labute approximate surface area is 139 Å². The molecular formula is C17H11BrO3S. The van der Waals surface area contributed by atoms with Crippen LogP contribution in [0.4, 0.5) is 0 Å². The van der Waals surface area contributed by atoms with Crippen LogP contribution >= 0.6 is 27.3 Å². The van der Waals surface area contributed by atoms with Gasteiger partial charge in [-0.05, 0) is 40.2 Å². The average Bonchev–Trinajstić information content (AvgIpc) is 2.87. The Morgan fingerprint density at radius 2 is 1.73 bits per heavy atom. The lowest BCUT2D eigenvalue weighted by Crippen LogP contribution is -2.10. The fourth-order valence-electron chi connectivity index (χ4n) is 2.13. The summed E-state index contributed by atoms with van der Waals surface area (Å²) in [5, 5.41) is 0.776. The minimum atomic E-state index is -0.487. The lowest BCUT2D eigenvalue weighted by molar-refractivity contribution is 0.0735. The highest BCUT2D eigenvalue weighted by molar-refractivity contribution is 9.10.